The molecule has 6 heteroatoms. The number of amides is 1. The maximum Gasteiger partial charge on any atom is 0.413 e. The van der Waals surface area contributed by atoms with Crippen molar-refractivity contribution >= 4 is 12.1 Å². The number of hydrogen-bond acceptors (Lipinski definition) is 5. The third kappa shape index (κ3) is 3.33. The van der Waals surface area contributed by atoms with Crippen molar-refractivity contribution in [1.29, 1.82) is 0 Å². The van der Waals surface area contributed by atoms with Crippen molar-refractivity contribution in [1.82, 2.24) is 4.90 Å². The predicted octanol–water partition coefficient (Wildman–Crippen LogP) is 1.93. The molecule has 114 valence electrons. The van der Waals surface area contributed by atoms with Crippen LogP contribution in [0.3, 0.4) is 0 Å². The lowest BCUT2D eigenvalue weighted by Crippen LogP contribution is -2.51. The van der Waals surface area contributed by atoms with E-state index in [9.17, 15) is 9.59 Å². The Morgan fingerprint density at radius 2 is 2.00 bits per heavy atom. The molecule has 0 saturated carbocycles. The molecule has 1 fully saturated rings. The number of nitrogens with zero attached hydrogens (tertiary/aromatic N) is 1. The van der Waals surface area contributed by atoms with E-state index >= 15 is 0 Å². The van der Waals surface area contributed by atoms with Gasteiger partial charge in [-0.15, -0.1) is 0 Å². The average molecular weight is 293 g/mol. The minimum Gasteiger partial charge on any atom is -0.467 e. The Morgan fingerprint density at radius 3 is 2.62 bits per heavy atom. The summed E-state index contributed by atoms with van der Waals surface area (Å²) >= 11 is 0. The van der Waals surface area contributed by atoms with Gasteiger partial charge in [-0.1, -0.05) is 30.3 Å². The highest BCUT2D eigenvalue weighted by Crippen LogP contribution is 2.28. The molecule has 0 unspecified atom stereocenters. The monoisotopic (exact) mass is 293 g/mol. The Hall–Kier alpha value is -2.08. The average Bonchev–Trinajstić information content (AvgIpc) is 2.80. The standard InChI is InChI=1S/C15H19NO5/c1-15(2)16(12(10-21-15)13(17)19-3)14(18)20-9-11-7-5-4-6-8-11/h4-8,12H,9-10H2,1-3H3/t12-/m0/s1. The lowest BCUT2D eigenvalue weighted by molar-refractivity contribution is -0.146. The summed E-state index contributed by atoms with van der Waals surface area (Å²) in [5, 5.41) is 0. The van der Waals surface area contributed by atoms with E-state index in [4.69, 9.17) is 14.2 Å². The van der Waals surface area contributed by atoms with Crippen LogP contribution >= 0.6 is 0 Å². The second-order valence-electron chi connectivity index (χ2n) is 5.21. The van der Waals surface area contributed by atoms with Crippen molar-refractivity contribution < 1.29 is 23.8 Å². The van der Waals surface area contributed by atoms with Gasteiger partial charge in [-0.05, 0) is 19.4 Å². The Bertz CT molecular complexity index is 514. The molecular formula is C15H19NO5. The van der Waals surface area contributed by atoms with E-state index in [0.717, 1.165) is 5.56 Å². The Balaban J connectivity index is 2.06. The zero-order valence-corrected chi connectivity index (χ0v) is 12.4. The summed E-state index contributed by atoms with van der Waals surface area (Å²) in [5.74, 6) is -0.516. The largest absolute Gasteiger partial charge is 0.467 e. The molecule has 1 amide bonds. The van der Waals surface area contributed by atoms with Crippen molar-refractivity contribution in [3.8, 4) is 0 Å². The molecule has 21 heavy (non-hydrogen) atoms. The zero-order valence-electron chi connectivity index (χ0n) is 12.4. The molecule has 1 aromatic carbocycles. The number of benzene rings is 1. The molecule has 0 spiro atoms. The van der Waals surface area contributed by atoms with Gasteiger partial charge in [0.15, 0.2) is 6.04 Å². The van der Waals surface area contributed by atoms with Crippen molar-refractivity contribution in [2.24, 2.45) is 0 Å². The third-order valence-electron chi connectivity index (χ3n) is 3.36. The van der Waals surface area contributed by atoms with Crippen LogP contribution in [0.4, 0.5) is 4.79 Å². The van der Waals surface area contributed by atoms with Crippen molar-refractivity contribution in [2.75, 3.05) is 13.7 Å². The van der Waals surface area contributed by atoms with E-state index in [1.807, 2.05) is 30.3 Å². The van der Waals surface area contributed by atoms with Gasteiger partial charge in [-0.25, -0.2) is 9.59 Å². The smallest absolute Gasteiger partial charge is 0.413 e. The summed E-state index contributed by atoms with van der Waals surface area (Å²) in [7, 11) is 1.28. The van der Waals surface area contributed by atoms with Crippen LogP contribution < -0.4 is 0 Å². The highest BCUT2D eigenvalue weighted by atomic mass is 16.6. The maximum atomic E-state index is 12.3. The minimum absolute atomic E-state index is 0.0973. The van der Waals surface area contributed by atoms with Crippen molar-refractivity contribution in [2.45, 2.75) is 32.2 Å². The fourth-order valence-corrected chi connectivity index (χ4v) is 2.25. The van der Waals surface area contributed by atoms with Gasteiger partial charge < -0.3 is 14.2 Å². The van der Waals surface area contributed by atoms with Crippen LogP contribution in [0, 0.1) is 0 Å². The first-order chi connectivity index (χ1) is 9.95. The molecule has 6 nitrogen and oxygen atoms in total. The van der Waals surface area contributed by atoms with Gasteiger partial charge in [0, 0.05) is 0 Å². The quantitative estimate of drug-likeness (QED) is 0.797. The van der Waals surface area contributed by atoms with Crippen LogP contribution in [-0.2, 0) is 25.6 Å². The molecule has 0 aliphatic carbocycles. The fraction of sp³-hybridized carbons (Fsp3) is 0.467. The molecule has 1 saturated heterocycles. The maximum absolute atomic E-state index is 12.3. The lowest BCUT2D eigenvalue weighted by Gasteiger charge is -2.31. The highest BCUT2D eigenvalue weighted by Gasteiger charge is 2.48. The van der Waals surface area contributed by atoms with E-state index in [1.54, 1.807) is 13.8 Å². The SMILES string of the molecule is COC(=O)[C@@H]1COC(C)(C)N1C(=O)OCc1ccccc1. The number of esters is 1. The van der Waals surface area contributed by atoms with Crippen LogP contribution in [0.15, 0.2) is 30.3 Å². The van der Waals surface area contributed by atoms with E-state index in [2.05, 4.69) is 0 Å². The van der Waals surface area contributed by atoms with E-state index in [0.29, 0.717) is 0 Å². The normalized spacial score (nSPS) is 20.1. The molecule has 1 aliphatic heterocycles. The van der Waals surface area contributed by atoms with Gasteiger partial charge in [0.25, 0.3) is 0 Å². The summed E-state index contributed by atoms with van der Waals surface area (Å²) in [6, 6.07) is 8.55. The number of hydrogen-bond donors (Lipinski definition) is 0. The van der Waals surface area contributed by atoms with Crippen molar-refractivity contribution in [3.63, 3.8) is 0 Å². The Kier molecular flexibility index (Phi) is 4.47. The molecule has 0 bridgehead atoms. The molecule has 1 aliphatic rings. The van der Waals surface area contributed by atoms with Gasteiger partial charge >= 0.3 is 12.1 Å². The first-order valence-electron chi connectivity index (χ1n) is 6.67. The summed E-state index contributed by atoms with van der Waals surface area (Å²) in [5.41, 5.74) is -0.0366. The molecule has 1 heterocycles. The fourth-order valence-electron chi connectivity index (χ4n) is 2.25. The number of rotatable bonds is 3. The Labute approximate surface area is 123 Å². The molecule has 0 radical (unpaired) electrons. The van der Waals surface area contributed by atoms with Gasteiger partial charge in [0.1, 0.15) is 12.3 Å². The van der Waals surface area contributed by atoms with Crippen LogP contribution in [0.1, 0.15) is 19.4 Å². The number of ether oxygens (including phenoxy) is 3. The second-order valence-corrected chi connectivity index (χ2v) is 5.21. The number of carbonyl (C=O) groups excluding carboxylic acids is 2. The van der Waals surface area contributed by atoms with Gasteiger partial charge in [0.2, 0.25) is 0 Å². The van der Waals surface area contributed by atoms with Crippen LogP contribution in [-0.4, -0.2) is 42.4 Å². The van der Waals surface area contributed by atoms with Crippen molar-refractivity contribution in [3.05, 3.63) is 35.9 Å². The molecule has 2 rings (SSSR count). The Morgan fingerprint density at radius 1 is 1.33 bits per heavy atom. The highest BCUT2D eigenvalue weighted by molar-refractivity contribution is 5.82. The summed E-state index contributed by atoms with van der Waals surface area (Å²) in [6.45, 7) is 3.65. The van der Waals surface area contributed by atoms with Crippen LogP contribution in [0.25, 0.3) is 0 Å². The van der Waals surface area contributed by atoms with Crippen LogP contribution in [0.2, 0.25) is 0 Å². The molecular weight excluding hydrogens is 274 g/mol. The molecule has 0 N–H and O–H groups in total. The topological polar surface area (TPSA) is 65.1 Å². The third-order valence-corrected chi connectivity index (χ3v) is 3.36. The first-order valence-corrected chi connectivity index (χ1v) is 6.67. The summed E-state index contributed by atoms with van der Waals surface area (Å²) < 4.78 is 15.5. The van der Waals surface area contributed by atoms with Gasteiger partial charge in [-0.2, -0.15) is 0 Å². The zero-order chi connectivity index (χ0) is 15.5. The number of methoxy groups -OCH3 is 1. The van der Waals surface area contributed by atoms with Crippen LogP contribution in [0.5, 0.6) is 0 Å². The summed E-state index contributed by atoms with van der Waals surface area (Å²) in [4.78, 5) is 25.3. The minimum atomic E-state index is -0.910. The molecule has 1 aromatic rings. The van der Waals surface area contributed by atoms with Gasteiger partial charge in [-0.3, -0.25) is 4.90 Å². The molecule has 1 atom stereocenters. The second kappa shape index (κ2) is 6.13. The number of carbonyl (C=O) groups is 2. The lowest BCUT2D eigenvalue weighted by atomic mass is 10.2. The predicted molar refractivity (Wildman–Crippen MR) is 74.3 cm³/mol. The van der Waals surface area contributed by atoms with Gasteiger partial charge in [0.05, 0.1) is 13.7 Å². The van der Waals surface area contributed by atoms with E-state index in [1.165, 1.54) is 12.0 Å². The first kappa shape index (κ1) is 15.3. The van der Waals surface area contributed by atoms with E-state index < -0.39 is 23.8 Å². The molecule has 0 aromatic heterocycles. The van der Waals surface area contributed by atoms with E-state index in [-0.39, 0.29) is 13.2 Å². The summed E-state index contributed by atoms with van der Waals surface area (Å²) in [6.07, 6.45) is -0.600.